The number of rotatable bonds is 5. The highest BCUT2D eigenvalue weighted by molar-refractivity contribution is 6.44. The molecule has 160 valence electrons. The second-order valence-corrected chi connectivity index (χ2v) is 8.63. The number of nitrogens with one attached hydrogen (secondary N) is 1. The number of hydrogen-bond donors (Lipinski definition) is 1. The molecule has 0 radical (unpaired) electrons. The summed E-state index contributed by atoms with van der Waals surface area (Å²) in [6, 6.07) is 7.74. The van der Waals surface area contributed by atoms with Crippen LogP contribution in [0, 0.1) is 0 Å². The van der Waals surface area contributed by atoms with Crippen LogP contribution in [0.4, 0.5) is 0 Å². The number of amides is 2. The van der Waals surface area contributed by atoms with Crippen LogP contribution in [0.15, 0.2) is 30.5 Å². The number of para-hydroxylation sites is 1. The van der Waals surface area contributed by atoms with Crippen molar-refractivity contribution in [2.75, 3.05) is 13.1 Å². The fourth-order valence-corrected chi connectivity index (χ4v) is 4.77. The Morgan fingerprint density at radius 3 is 2.30 bits per heavy atom. The third-order valence-electron chi connectivity index (χ3n) is 6.40. The zero-order valence-electron chi connectivity index (χ0n) is 17.6. The fourth-order valence-electron chi connectivity index (χ4n) is 4.77. The molecule has 0 unspecified atom stereocenters. The summed E-state index contributed by atoms with van der Waals surface area (Å²) in [4.78, 5) is 40.1. The number of Topliss-reactive ketones (excluding diaryl/α,β-unsaturated/α-hetero) is 1. The summed E-state index contributed by atoms with van der Waals surface area (Å²) < 4.78 is 1.80. The first-order valence-corrected chi connectivity index (χ1v) is 11.3. The lowest BCUT2D eigenvalue weighted by molar-refractivity contribution is -0.127. The molecular weight excluding hydrogens is 378 g/mol. The Hall–Kier alpha value is -2.63. The quantitative estimate of drug-likeness (QED) is 0.465. The van der Waals surface area contributed by atoms with Crippen LogP contribution in [0.1, 0.15) is 68.1 Å². The molecule has 1 aliphatic heterocycles. The molecule has 2 heterocycles. The van der Waals surface area contributed by atoms with Crippen molar-refractivity contribution in [3.63, 3.8) is 0 Å². The van der Waals surface area contributed by atoms with Gasteiger partial charge in [0.25, 0.3) is 11.7 Å². The molecule has 2 amide bonds. The Morgan fingerprint density at radius 2 is 1.57 bits per heavy atom. The number of likely N-dealkylation sites (tertiary alicyclic amines) is 1. The van der Waals surface area contributed by atoms with E-state index in [1.54, 1.807) is 15.7 Å². The number of hydrogen-bond acceptors (Lipinski definition) is 3. The predicted molar refractivity (Wildman–Crippen MR) is 116 cm³/mol. The van der Waals surface area contributed by atoms with E-state index >= 15 is 0 Å². The highest BCUT2D eigenvalue weighted by atomic mass is 16.2. The van der Waals surface area contributed by atoms with E-state index in [0.717, 1.165) is 55.8 Å². The van der Waals surface area contributed by atoms with Gasteiger partial charge in [-0.25, -0.2) is 0 Å². The third kappa shape index (κ3) is 4.58. The summed E-state index contributed by atoms with van der Waals surface area (Å²) in [5.41, 5.74) is 1.20. The van der Waals surface area contributed by atoms with Crippen molar-refractivity contribution in [2.24, 2.45) is 0 Å². The predicted octanol–water partition coefficient (Wildman–Crippen LogP) is 3.68. The molecule has 2 aliphatic rings. The molecule has 2 aromatic rings. The van der Waals surface area contributed by atoms with Crippen molar-refractivity contribution in [2.45, 2.75) is 70.4 Å². The number of nitrogens with zero attached hydrogens (tertiary/aromatic N) is 2. The SMILES string of the molecule is O=C(Cn1cc(C(=O)C(=O)N2CCCCC2)c2ccccc21)NC1CCCCCC1. The van der Waals surface area contributed by atoms with E-state index in [-0.39, 0.29) is 18.5 Å². The summed E-state index contributed by atoms with van der Waals surface area (Å²) in [7, 11) is 0. The summed E-state index contributed by atoms with van der Waals surface area (Å²) in [5.74, 6) is -0.944. The van der Waals surface area contributed by atoms with Crippen LogP contribution >= 0.6 is 0 Å². The van der Waals surface area contributed by atoms with Gasteiger partial charge in [0, 0.05) is 36.2 Å². The minimum absolute atomic E-state index is 0.0380. The van der Waals surface area contributed by atoms with Gasteiger partial charge in [-0.15, -0.1) is 0 Å². The molecule has 1 aromatic heterocycles. The van der Waals surface area contributed by atoms with Crippen LogP contribution in [0.25, 0.3) is 10.9 Å². The van der Waals surface area contributed by atoms with E-state index in [9.17, 15) is 14.4 Å². The Morgan fingerprint density at radius 1 is 0.900 bits per heavy atom. The van der Waals surface area contributed by atoms with Gasteiger partial charge in [0.15, 0.2) is 0 Å². The smallest absolute Gasteiger partial charge is 0.295 e. The number of benzene rings is 1. The van der Waals surface area contributed by atoms with Crippen LogP contribution in [0.2, 0.25) is 0 Å². The van der Waals surface area contributed by atoms with E-state index in [1.165, 1.54) is 12.8 Å². The molecule has 1 saturated carbocycles. The topological polar surface area (TPSA) is 71.4 Å². The van der Waals surface area contributed by atoms with Gasteiger partial charge in [-0.3, -0.25) is 14.4 Å². The molecule has 1 aliphatic carbocycles. The number of carbonyl (C=O) groups is 3. The Labute approximate surface area is 177 Å². The van der Waals surface area contributed by atoms with Gasteiger partial charge in [-0.05, 0) is 38.2 Å². The number of ketones is 1. The molecule has 0 spiro atoms. The summed E-state index contributed by atoms with van der Waals surface area (Å²) in [6.07, 6.45) is 11.6. The molecule has 6 nitrogen and oxygen atoms in total. The van der Waals surface area contributed by atoms with Crippen molar-refractivity contribution in [3.05, 3.63) is 36.0 Å². The first-order chi connectivity index (χ1) is 14.6. The summed E-state index contributed by atoms with van der Waals surface area (Å²) in [6.45, 7) is 1.45. The van der Waals surface area contributed by atoms with Crippen LogP contribution < -0.4 is 5.32 Å². The van der Waals surface area contributed by atoms with Gasteiger partial charge in [-0.2, -0.15) is 0 Å². The zero-order chi connectivity index (χ0) is 20.9. The number of fused-ring (bicyclic) bond motifs is 1. The van der Waals surface area contributed by atoms with Crippen molar-refractivity contribution in [1.29, 1.82) is 0 Å². The molecular formula is C24H31N3O3. The van der Waals surface area contributed by atoms with E-state index in [0.29, 0.717) is 18.7 Å². The van der Waals surface area contributed by atoms with Crippen molar-refractivity contribution in [1.82, 2.24) is 14.8 Å². The molecule has 0 atom stereocenters. The summed E-state index contributed by atoms with van der Waals surface area (Å²) >= 11 is 0. The lowest BCUT2D eigenvalue weighted by Crippen LogP contribution is -2.40. The molecule has 1 aromatic carbocycles. The van der Waals surface area contributed by atoms with Crippen molar-refractivity contribution >= 4 is 28.5 Å². The number of carbonyl (C=O) groups excluding carboxylic acids is 3. The number of aromatic nitrogens is 1. The van der Waals surface area contributed by atoms with Gasteiger partial charge < -0.3 is 14.8 Å². The van der Waals surface area contributed by atoms with Gasteiger partial charge in [0.05, 0.1) is 5.56 Å². The first kappa shape index (κ1) is 20.6. The average Bonchev–Trinajstić information content (AvgIpc) is 2.94. The van der Waals surface area contributed by atoms with E-state index in [1.807, 2.05) is 24.3 Å². The maximum absolute atomic E-state index is 13.0. The largest absolute Gasteiger partial charge is 0.352 e. The molecule has 1 N–H and O–H groups in total. The molecule has 2 fully saturated rings. The standard InChI is InChI=1S/C24H31N3O3/c28-22(25-18-10-4-1-2-5-11-18)17-27-16-20(19-12-6-7-13-21(19)27)23(29)24(30)26-14-8-3-9-15-26/h6-7,12-13,16,18H,1-5,8-11,14-15,17H2,(H,25,28). The first-order valence-electron chi connectivity index (χ1n) is 11.3. The normalized spacial score (nSPS) is 18.2. The van der Waals surface area contributed by atoms with Crippen molar-refractivity contribution < 1.29 is 14.4 Å². The second kappa shape index (κ2) is 9.45. The van der Waals surface area contributed by atoms with Crippen molar-refractivity contribution in [3.8, 4) is 0 Å². The Bertz CT molecular complexity index is 919. The van der Waals surface area contributed by atoms with Gasteiger partial charge in [0.2, 0.25) is 5.91 Å². The minimum Gasteiger partial charge on any atom is -0.352 e. The molecule has 4 rings (SSSR count). The second-order valence-electron chi connectivity index (χ2n) is 8.63. The summed E-state index contributed by atoms with van der Waals surface area (Å²) in [5, 5.41) is 3.90. The monoisotopic (exact) mass is 409 g/mol. The fraction of sp³-hybridized carbons (Fsp3) is 0.542. The van der Waals surface area contributed by atoms with E-state index in [2.05, 4.69) is 5.32 Å². The van der Waals surface area contributed by atoms with Crippen LogP contribution in [-0.2, 0) is 16.1 Å². The van der Waals surface area contributed by atoms with E-state index in [4.69, 9.17) is 0 Å². The third-order valence-corrected chi connectivity index (χ3v) is 6.40. The maximum Gasteiger partial charge on any atom is 0.295 e. The lowest BCUT2D eigenvalue weighted by Gasteiger charge is -2.25. The Balaban J connectivity index is 1.52. The molecule has 6 heteroatoms. The zero-order valence-corrected chi connectivity index (χ0v) is 17.6. The maximum atomic E-state index is 13.0. The van der Waals surface area contributed by atoms with Crippen LogP contribution in [0.5, 0.6) is 0 Å². The van der Waals surface area contributed by atoms with Gasteiger partial charge in [0.1, 0.15) is 6.54 Å². The molecule has 1 saturated heterocycles. The lowest BCUT2D eigenvalue weighted by atomic mass is 10.1. The highest BCUT2D eigenvalue weighted by Crippen LogP contribution is 2.23. The Kier molecular flexibility index (Phi) is 6.50. The van der Waals surface area contributed by atoms with Gasteiger partial charge in [-0.1, -0.05) is 43.9 Å². The number of piperidine rings is 1. The van der Waals surface area contributed by atoms with Crippen LogP contribution in [0.3, 0.4) is 0 Å². The average molecular weight is 410 g/mol. The van der Waals surface area contributed by atoms with E-state index < -0.39 is 11.7 Å². The minimum atomic E-state index is -0.476. The molecule has 0 bridgehead atoms. The van der Waals surface area contributed by atoms with Gasteiger partial charge >= 0.3 is 0 Å². The highest BCUT2D eigenvalue weighted by Gasteiger charge is 2.27. The molecule has 30 heavy (non-hydrogen) atoms. The van der Waals surface area contributed by atoms with Crippen LogP contribution in [-0.4, -0.2) is 46.2 Å².